The molecule has 5 rings (SSSR count). The lowest BCUT2D eigenvalue weighted by atomic mass is 10.1. The third-order valence-electron chi connectivity index (χ3n) is 5.89. The molecule has 1 aliphatic rings. The second-order valence-electron chi connectivity index (χ2n) is 8.05. The molecule has 4 aromatic rings. The Morgan fingerprint density at radius 3 is 2.36 bits per heavy atom. The predicted octanol–water partition coefficient (Wildman–Crippen LogP) is 2.21. The molecule has 4 atom stereocenters. The van der Waals surface area contributed by atoms with Gasteiger partial charge in [-0.15, -0.1) is 0 Å². The van der Waals surface area contributed by atoms with Gasteiger partial charge < -0.3 is 24.6 Å². The third kappa shape index (κ3) is 4.42. The number of rotatable bonds is 7. The van der Waals surface area contributed by atoms with Crippen molar-refractivity contribution in [3.63, 3.8) is 0 Å². The van der Waals surface area contributed by atoms with Crippen LogP contribution in [-0.4, -0.2) is 68.5 Å². The molecular formula is C25H23N5O6. The smallest absolute Gasteiger partial charge is 0.338 e. The van der Waals surface area contributed by atoms with Crippen LogP contribution in [0.2, 0.25) is 0 Å². The molecule has 2 aromatic carbocycles. The van der Waals surface area contributed by atoms with E-state index in [2.05, 4.69) is 20.3 Å². The van der Waals surface area contributed by atoms with Crippen LogP contribution >= 0.6 is 0 Å². The monoisotopic (exact) mass is 489 g/mol. The van der Waals surface area contributed by atoms with E-state index in [0.29, 0.717) is 22.3 Å². The molecular weight excluding hydrogens is 466 g/mol. The fourth-order valence-corrected chi connectivity index (χ4v) is 4.14. The summed E-state index contributed by atoms with van der Waals surface area (Å²) in [7, 11) is 1.46. The van der Waals surface area contributed by atoms with Crippen LogP contribution in [0.5, 0.6) is 0 Å². The van der Waals surface area contributed by atoms with Gasteiger partial charge in [-0.1, -0.05) is 36.4 Å². The number of anilines is 1. The molecule has 1 amide bonds. The number of imidazole rings is 1. The fourth-order valence-electron chi connectivity index (χ4n) is 4.14. The van der Waals surface area contributed by atoms with E-state index in [9.17, 15) is 14.7 Å². The first-order valence-electron chi connectivity index (χ1n) is 11.2. The molecule has 0 bridgehead atoms. The fraction of sp³-hybridized carbons (Fsp3) is 0.240. The molecule has 11 nitrogen and oxygen atoms in total. The number of aromatic nitrogens is 4. The summed E-state index contributed by atoms with van der Waals surface area (Å²) in [6, 6.07) is 17.2. The number of hydrogen-bond donors (Lipinski definition) is 2. The topological polar surface area (TPSA) is 138 Å². The molecule has 0 spiro atoms. The maximum Gasteiger partial charge on any atom is 0.338 e. The summed E-state index contributed by atoms with van der Waals surface area (Å²) in [5.41, 5.74) is 1.54. The SMILES string of the molecule is COC1[C@@H](OC(=O)c2ccccc2)[C@@H](CO)O[C@H]1n1cnc2c(NC(=O)c3ccccc3)ncnc21. The van der Waals surface area contributed by atoms with Crippen molar-refractivity contribution in [2.75, 3.05) is 19.0 Å². The van der Waals surface area contributed by atoms with Crippen LogP contribution < -0.4 is 5.32 Å². The van der Waals surface area contributed by atoms with Gasteiger partial charge in [-0.25, -0.2) is 19.7 Å². The number of aliphatic hydroxyl groups excluding tert-OH is 1. The Hall–Kier alpha value is -4.19. The highest BCUT2D eigenvalue weighted by Crippen LogP contribution is 2.35. The van der Waals surface area contributed by atoms with E-state index in [4.69, 9.17) is 14.2 Å². The first-order chi connectivity index (χ1) is 17.6. The van der Waals surface area contributed by atoms with E-state index in [1.807, 2.05) is 6.07 Å². The van der Waals surface area contributed by atoms with Crippen molar-refractivity contribution in [2.24, 2.45) is 0 Å². The molecule has 2 N–H and O–H groups in total. The average Bonchev–Trinajstić information content (AvgIpc) is 3.51. The maximum atomic E-state index is 12.7. The number of carbonyl (C=O) groups excluding carboxylic acids is 2. The van der Waals surface area contributed by atoms with Gasteiger partial charge in [0, 0.05) is 12.7 Å². The van der Waals surface area contributed by atoms with Crippen molar-refractivity contribution in [3.8, 4) is 0 Å². The van der Waals surface area contributed by atoms with Crippen LogP contribution in [0.3, 0.4) is 0 Å². The third-order valence-corrected chi connectivity index (χ3v) is 5.89. The Bertz CT molecular complexity index is 1360. The summed E-state index contributed by atoms with van der Waals surface area (Å²) in [6.07, 6.45) is -0.556. The Morgan fingerprint density at radius 1 is 1.00 bits per heavy atom. The number of methoxy groups -OCH3 is 1. The summed E-state index contributed by atoms with van der Waals surface area (Å²) >= 11 is 0. The number of carbonyl (C=O) groups is 2. The second-order valence-corrected chi connectivity index (χ2v) is 8.05. The van der Waals surface area contributed by atoms with Crippen molar-refractivity contribution in [2.45, 2.75) is 24.5 Å². The largest absolute Gasteiger partial charge is 0.453 e. The van der Waals surface area contributed by atoms with Crippen LogP contribution in [0.15, 0.2) is 73.3 Å². The quantitative estimate of drug-likeness (QED) is 0.374. The number of amides is 1. The number of esters is 1. The number of nitrogens with zero attached hydrogens (tertiary/aromatic N) is 4. The standard InChI is InChI=1S/C25H23N5O6/c1-34-20-19(36-25(33)16-10-6-3-7-11-16)17(12-31)35-24(20)30-14-28-18-21(26-13-27-22(18)30)29-23(32)15-8-4-2-5-9-15/h2-11,13-14,17,19-20,24,31H,12H2,1H3,(H,26,27,29,32)/t17-,19+,20?,24-/m1/s1. The summed E-state index contributed by atoms with van der Waals surface area (Å²) in [4.78, 5) is 38.2. The van der Waals surface area contributed by atoms with Gasteiger partial charge in [-0.05, 0) is 24.3 Å². The highest BCUT2D eigenvalue weighted by atomic mass is 16.6. The zero-order chi connectivity index (χ0) is 25.1. The molecule has 11 heteroatoms. The number of fused-ring (bicyclic) bond motifs is 1. The molecule has 1 aliphatic heterocycles. The minimum absolute atomic E-state index is 0.227. The molecule has 36 heavy (non-hydrogen) atoms. The van der Waals surface area contributed by atoms with Gasteiger partial charge in [0.1, 0.15) is 18.5 Å². The zero-order valence-electron chi connectivity index (χ0n) is 19.2. The van der Waals surface area contributed by atoms with Crippen molar-refractivity contribution >= 4 is 28.9 Å². The predicted molar refractivity (Wildman–Crippen MR) is 127 cm³/mol. The summed E-state index contributed by atoms with van der Waals surface area (Å²) in [6.45, 7) is -0.400. The minimum atomic E-state index is -0.894. The van der Waals surface area contributed by atoms with Gasteiger partial charge in [-0.2, -0.15) is 0 Å². The van der Waals surface area contributed by atoms with Crippen molar-refractivity contribution in [3.05, 3.63) is 84.4 Å². The number of aliphatic hydroxyl groups is 1. The number of ether oxygens (including phenoxy) is 3. The number of hydrogen-bond acceptors (Lipinski definition) is 9. The molecule has 0 radical (unpaired) electrons. The van der Waals surface area contributed by atoms with Gasteiger partial charge >= 0.3 is 5.97 Å². The lowest BCUT2D eigenvalue weighted by Gasteiger charge is -2.23. The van der Waals surface area contributed by atoms with Gasteiger partial charge in [0.05, 0.1) is 18.5 Å². The summed E-state index contributed by atoms with van der Waals surface area (Å²) < 4.78 is 19.0. The lowest BCUT2D eigenvalue weighted by molar-refractivity contribution is -0.0583. The highest BCUT2D eigenvalue weighted by Gasteiger charge is 2.48. The maximum absolute atomic E-state index is 12.7. The van der Waals surface area contributed by atoms with E-state index in [-0.39, 0.29) is 11.7 Å². The van der Waals surface area contributed by atoms with Gasteiger partial charge in [0.25, 0.3) is 5.91 Å². The first-order valence-corrected chi connectivity index (χ1v) is 11.2. The van der Waals surface area contributed by atoms with Crippen LogP contribution in [-0.2, 0) is 14.2 Å². The second kappa shape index (κ2) is 10.2. The van der Waals surface area contributed by atoms with E-state index >= 15 is 0 Å². The van der Waals surface area contributed by atoms with Crippen molar-refractivity contribution in [1.82, 2.24) is 19.5 Å². The van der Waals surface area contributed by atoms with Crippen molar-refractivity contribution in [1.29, 1.82) is 0 Å². The number of nitrogens with one attached hydrogen (secondary N) is 1. The van der Waals surface area contributed by atoms with E-state index in [1.165, 1.54) is 19.8 Å². The first kappa shape index (κ1) is 23.5. The van der Waals surface area contributed by atoms with Crippen LogP contribution in [0.25, 0.3) is 11.2 Å². The lowest BCUT2D eigenvalue weighted by Crippen LogP contribution is -2.39. The Labute approximate surface area is 205 Å². The van der Waals surface area contributed by atoms with E-state index in [0.717, 1.165) is 0 Å². The van der Waals surface area contributed by atoms with Crippen molar-refractivity contribution < 1.29 is 28.9 Å². The molecule has 3 heterocycles. The van der Waals surface area contributed by atoms with E-state index < -0.39 is 37.1 Å². The van der Waals surface area contributed by atoms with Crippen LogP contribution in [0.1, 0.15) is 26.9 Å². The Morgan fingerprint density at radius 2 is 1.69 bits per heavy atom. The molecule has 1 fully saturated rings. The molecule has 0 aliphatic carbocycles. The number of benzene rings is 2. The molecule has 0 saturated carbocycles. The molecule has 1 unspecified atom stereocenters. The average molecular weight is 489 g/mol. The molecule has 1 saturated heterocycles. The summed E-state index contributed by atoms with van der Waals surface area (Å²) in [5.74, 6) is -0.676. The van der Waals surface area contributed by atoms with Gasteiger partial charge in [0.15, 0.2) is 29.3 Å². The normalized spacial score (nSPS) is 21.4. The summed E-state index contributed by atoms with van der Waals surface area (Å²) in [5, 5.41) is 12.7. The van der Waals surface area contributed by atoms with Crippen LogP contribution in [0.4, 0.5) is 5.82 Å². The molecule has 2 aromatic heterocycles. The van der Waals surface area contributed by atoms with E-state index in [1.54, 1.807) is 59.2 Å². The van der Waals surface area contributed by atoms with Crippen LogP contribution in [0, 0.1) is 0 Å². The van der Waals surface area contributed by atoms with Gasteiger partial charge in [0.2, 0.25) is 0 Å². The Balaban J connectivity index is 1.42. The van der Waals surface area contributed by atoms with Gasteiger partial charge in [-0.3, -0.25) is 9.36 Å². The zero-order valence-corrected chi connectivity index (χ0v) is 19.2. The molecule has 184 valence electrons. The minimum Gasteiger partial charge on any atom is -0.453 e. The highest BCUT2D eigenvalue weighted by molar-refractivity contribution is 6.06. The Kier molecular flexibility index (Phi) is 6.67.